The first-order chi connectivity index (χ1) is 11.4. The third-order valence-electron chi connectivity index (χ3n) is 4.05. The summed E-state index contributed by atoms with van der Waals surface area (Å²) in [4.78, 5) is 12.5. The number of aliphatic hydroxyl groups is 1. The minimum Gasteiger partial charge on any atom is -0.382 e. The number of amides is 1. The van der Waals surface area contributed by atoms with E-state index in [4.69, 9.17) is 5.26 Å². The average Bonchev–Trinajstić information content (AvgIpc) is 2.85. The molecule has 1 aromatic carbocycles. The molecule has 4 nitrogen and oxygen atoms in total. The van der Waals surface area contributed by atoms with Gasteiger partial charge < -0.3 is 10.0 Å². The Labute approximate surface area is 138 Å². The molecule has 1 aliphatic rings. The molecule has 0 aromatic heterocycles. The molecule has 1 aliphatic heterocycles. The first kappa shape index (κ1) is 19.1. The summed E-state index contributed by atoms with van der Waals surface area (Å²) < 4.78 is 78.0. The smallest absolute Gasteiger partial charge is 0.382 e. The first-order valence-electron chi connectivity index (χ1n) is 7.07. The average molecular weight is 366 g/mol. The zero-order valence-corrected chi connectivity index (χ0v) is 12.7. The summed E-state index contributed by atoms with van der Waals surface area (Å²) in [5.74, 6) is -0.825. The summed E-state index contributed by atoms with van der Waals surface area (Å²) in [6, 6.07) is 1.44. The van der Waals surface area contributed by atoms with Crippen molar-refractivity contribution in [3.8, 4) is 6.07 Å². The SMILES string of the molecule is Cc1c(N2C(=O)CCC2C(O)C(F)(F)F)ccc(C#N)c1C(F)(F)F. The molecule has 1 amide bonds. The second-order valence-corrected chi connectivity index (χ2v) is 5.60. The molecule has 1 N–H and O–H groups in total. The molecule has 1 fully saturated rings. The summed E-state index contributed by atoms with van der Waals surface area (Å²) in [5, 5.41) is 18.3. The highest BCUT2D eigenvalue weighted by Gasteiger charge is 2.50. The minimum atomic E-state index is -5.03. The van der Waals surface area contributed by atoms with E-state index in [2.05, 4.69) is 0 Å². The van der Waals surface area contributed by atoms with Gasteiger partial charge in [0.1, 0.15) is 0 Å². The Bertz CT molecular complexity index is 735. The third-order valence-corrected chi connectivity index (χ3v) is 4.05. The van der Waals surface area contributed by atoms with Crippen LogP contribution in [0.25, 0.3) is 0 Å². The Hall–Kier alpha value is -2.28. The van der Waals surface area contributed by atoms with E-state index in [1.165, 1.54) is 6.07 Å². The maximum Gasteiger partial charge on any atom is 0.418 e. The Morgan fingerprint density at radius 3 is 2.36 bits per heavy atom. The number of hydrogen-bond donors (Lipinski definition) is 1. The molecule has 25 heavy (non-hydrogen) atoms. The van der Waals surface area contributed by atoms with Gasteiger partial charge in [0, 0.05) is 12.1 Å². The summed E-state index contributed by atoms with van der Waals surface area (Å²) in [5.41, 5.74) is -2.95. The molecule has 0 spiro atoms. The molecule has 0 bridgehead atoms. The van der Waals surface area contributed by atoms with Crippen LogP contribution in [0.3, 0.4) is 0 Å². The number of nitrogens with zero attached hydrogens (tertiary/aromatic N) is 2. The number of carbonyl (C=O) groups is 1. The van der Waals surface area contributed by atoms with Gasteiger partial charge in [0.25, 0.3) is 0 Å². The van der Waals surface area contributed by atoms with Crippen molar-refractivity contribution in [1.29, 1.82) is 5.26 Å². The van der Waals surface area contributed by atoms with Gasteiger partial charge in [-0.05, 0) is 31.0 Å². The van der Waals surface area contributed by atoms with Gasteiger partial charge in [0.2, 0.25) is 5.91 Å². The lowest BCUT2D eigenvalue weighted by molar-refractivity contribution is -0.209. The highest BCUT2D eigenvalue weighted by atomic mass is 19.4. The van der Waals surface area contributed by atoms with E-state index in [0.717, 1.165) is 19.1 Å². The molecule has 2 atom stereocenters. The van der Waals surface area contributed by atoms with Crippen LogP contribution in [0, 0.1) is 18.3 Å². The second kappa shape index (κ2) is 6.22. The third kappa shape index (κ3) is 3.42. The summed E-state index contributed by atoms with van der Waals surface area (Å²) in [7, 11) is 0. The lowest BCUT2D eigenvalue weighted by Crippen LogP contribution is -2.48. The van der Waals surface area contributed by atoms with Crippen molar-refractivity contribution in [3.05, 3.63) is 28.8 Å². The van der Waals surface area contributed by atoms with Crippen molar-refractivity contribution < 1.29 is 36.2 Å². The van der Waals surface area contributed by atoms with Crippen LogP contribution in [0.4, 0.5) is 32.0 Å². The molecular formula is C15H12F6N2O2. The molecule has 136 valence electrons. The zero-order valence-electron chi connectivity index (χ0n) is 12.7. The number of benzene rings is 1. The fraction of sp³-hybridized carbons (Fsp3) is 0.467. The maximum atomic E-state index is 13.2. The summed E-state index contributed by atoms with van der Waals surface area (Å²) >= 11 is 0. The quantitative estimate of drug-likeness (QED) is 0.817. The van der Waals surface area contributed by atoms with Crippen LogP contribution in [-0.4, -0.2) is 29.3 Å². The van der Waals surface area contributed by atoms with Crippen LogP contribution in [0.5, 0.6) is 0 Å². The largest absolute Gasteiger partial charge is 0.418 e. The Morgan fingerprint density at radius 2 is 1.88 bits per heavy atom. The lowest BCUT2D eigenvalue weighted by atomic mass is 9.98. The maximum absolute atomic E-state index is 13.2. The molecular weight excluding hydrogens is 354 g/mol. The lowest BCUT2D eigenvalue weighted by Gasteiger charge is -2.31. The van der Waals surface area contributed by atoms with E-state index < -0.39 is 52.8 Å². The normalized spacial score (nSPS) is 19.9. The van der Waals surface area contributed by atoms with E-state index in [9.17, 15) is 36.2 Å². The Balaban J connectivity index is 2.60. The van der Waals surface area contributed by atoms with Gasteiger partial charge in [-0.25, -0.2) is 0 Å². The van der Waals surface area contributed by atoms with Crippen molar-refractivity contribution in [2.75, 3.05) is 4.90 Å². The monoisotopic (exact) mass is 366 g/mol. The van der Waals surface area contributed by atoms with Crippen LogP contribution in [0.15, 0.2) is 12.1 Å². The van der Waals surface area contributed by atoms with E-state index in [-0.39, 0.29) is 12.8 Å². The molecule has 0 aliphatic carbocycles. The van der Waals surface area contributed by atoms with Gasteiger partial charge >= 0.3 is 12.4 Å². The molecule has 0 radical (unpaired) electrons. The van der Waals surface area contributed by atoms with Crippen molar-refractivity contribution in [2.45, 2.75) is 44.3 Å². The highest BCUT2D eigenvalue weighted by molar-refractivity contribution is 5.97. The van der Waals surface area contributed by atoms with E-state index in [0.29, 0.717) is 4.90 Å². The fourth-order valence-corrected chi connectivity index (χ4v) is 2.96. The number of nitriles is 1. The van der Waals surface area contributed by atoms with E-state index in [1.807, 2.05) is 0 Å². The fourth-order valence-electron chi connectivity index (χ4n) is 2.96. The van der Waals surface area contributed by atoms with Gasteiger partial charge in [-0.15, -0.1) is 0 Å². The van der Waals surface area contributed by atoms with Gasteiger partial charge in [-0.2, -0.15) is 31.6 Å². The van der Waals surface area contributed by atoms with Crippen molar-refractivity contribution in [1.82, 2.24) is 0 Å². The first-order valence-corrected chi connectivity index (χ1v) is 7.07. The topological polar surface area (TPSA) is 64.3 Å². The molecule has 0 saturated carbocycles. The van der Waals surface area contributed by atoms with Crippen LogP contribution in [0.1, 0.15) is 29.5 Å². The number of rotatable bonds is 2. The molecule has 1 saturated heterocycles. The van der Waals surface area contributed by atoms with Gasteiger partial charge in [0.15, 0.2) is 6.10 Å². The summed E-state index contributed by atoms with van der Waals surface area (Å²) in [6.07, 6.45) is -13.5. The van der Waals surface area contributed by atoms with Gasteiger partial charge in [0.05, 0.1) is 23.2 Å². The van der Waals surface area contributed by atoms with E-state index in [1.54, 1.807) is 0 Å². The van der Waals surface area contributed by atoms with Crippen molar-refractivity contribution in [2.24, 2.45) is 0 Å². The minimum absolute atomic E-state index is 0.335. The number of hydrogen-bond acceptors (Lipinski definition) is 3. The van der Waals surface area contributed by atoms with Gasteiger partial charge in [-0.3, -0.25) is 4.79 Å². The molecule has 10 heteroatoms. The van der Waals surface area contributed by atoms with Gasteiger partial charge in [-0.1, -0.05) is 0 Å². The number of alkyl halides is 6. The van der Waals surface area contributed by atoms with Crippen LogP contribution in [-0.2, 0) is 11.0 Å². The number of anilines is 1. The molecule has 2 rings (SSSR count). The molecule has 2 unspecified atom stereocenters. The van der Waals surface area contributed by atoms with E-state index >= 15 is 0 Å². The number of aliphatic hydroxyl groups excluding tert-OH is 1. The Kier molecular flexibility index (Phi) is 4.74. The van der Waals surface area contributed by atoms with Crippen molar-refractivity contribution in [3.63, 3.8) is 0 Å². The predicted molar refractivity (Wildman–Crippen MR) is 73.5 cm³/mol. The number of carbonyl (C=O) groups excluding carboxylic acids is 1. The standard InChI is InChI=1S/C15H12F6N2O2/c1-7-9(3-2-8(6-22)12(7)14(16,17)18)23-10(4-5-11(23)24)13(25)15(19,20)21/h2-3,10,13,25H,4-5H2,1H3. The zero-order chi connectivity index (χ0) is 19.2. The molecule has 1 aromatic rings. The van der Waals surface area contributed by atoms with Crippen LogP contribution in [0.2, 0.25) is 0 Å². The summed E-state index contributed by atoms with van der Waals surface area (Å²) in [6.45, 7) is 0.974. The highest BCUT2D eigenvalue weighted by Crippen LogP contribution is 2.41. The van der Waals surface area contributed by atoms with Crippen LogP contribution >= 0.6 is 0 Å². The molecule has 1 heterocycles. The van der Waals surface area contributed by atoms with Crippen LogP contribution < -0.4 is 4.90 Å². The number of halogens is 6. The predicted octanol–water partition coefficient (Wildman–Crippen LogP) is 3.30. The second-order valence-electron chi connectivity index (χ2n) is 5.60. The van der Waals surface area contributed by atoms with Crippen molar-refractivity contribution >= 4 is 11.6 Å². The Morgan fingerprint density at radius 1 is 1.28 bits per heavy atom.